The van der Waals surface area contributed by atoms with Gasteiger partial charge in [0.25, 0.3) is 0 Å². The lowest BCUT2D eigenvalue weighted by Gasteiger charge is -2.33. The molecule has 4 heteroatoms. The molecule has 1 aliphatic rings. The number of hydrogen-bond acceptors (Lipinski definition) is 3. The van der Waals surface area contributed by atoms with Gasteiger partial charge in [-0.05, 0) is 32.6 Å². The van der Waals surface area contributed by atoms with Gasteiger partial charge in [-0.3, -0.25) is 0 Å². The van der Waals surface area contributed by atoms with Crippen molar-refractivity contribution in [3.63, 3.8) is 0 Å². The third-order valence-corrected chi connectivity index (χ3v) is 2.86. The summed E-state index contributed by atoms with van der Waals surface area (Å²) in [5.74, 6) is 0.645. The molecule has 0 aromatic rings. The monoisotopic (exact) mass is 217 g/mol. The minimum absolute atomic E-state index is 0.237. The highest BCUT2D eigenvalue weighted by Gasteiger charge is 2.30. The van der Waals surface area contributed by atoms with Crippen molar-refractivity contribution in [3.05, 3.63) is 0 Å². The van der Waals surface area contributed by atoms with E-state index in [4.69, 9.17) is 4.74 Å². The summed E-state index contributed by atoms with van der Waals surface area (Å²) in [7, 11) is 0. The van der Waals surface area contributed by atoms with E-state index in [1.807, 2.05) is 6.92 Å². The normalized spacial score (nSPS) is 20.1. The van der Waals surface area contributed by atoms with E-state index < -0.39 is 0 Å². The van der Waals surface area contributed by atoms with Crippen LogP contribution >= 0.6 is 12.6 Å². The zero-order chi connectivity index (χ0) is 10.4. The highest BCUT2D eigenvalue weighted by atomic mass is 32.1. The van der Waals surface area contributed by atoms with Gasteiger partial charge in [0.1, 0.15) is 5.60 Å². The van der Waals surface area contributed by atoms with E-state index in [9.17, 15) is 4.79 Å². The molecule has 0 spiro atoms. The van der Waals surface area contributed by atoms with Crippen LogP contribution in [0.15, 0.2) is 0 Å². The average molecular weight is 217 g/mol. The van der Waals surface area contributed by atoms with Gasteiger partial charge in [-0.2, -0.15) is 12.6 Å². The fraction of sp³-hybridized carbons (Fsp3) is 0.900. The molecule has 0 aromatic heterocycles. The van der Waals surface area contributed by atoms with Gasteiger partial charge in [0, 0.05) is 12.3 Å². The molecule has 3 nitrogen and oxygen atoms in total. The Morgan fingerprint density at radius 2 is 2.07 bits per heavy atom. The Bertz CT molecular complexity index is 191. The maximum Gasteiger partial charge on any atom is 0.407 e. The molecule has 1 fully saturated rings. The molecular weight excluding hydrogens is 198 g/mol. The second-order valence-corrected chi connectivity index (χ2v) is 4.50. The first-order chi connectivity index (χ1) is 6.66. The molecule has 0 unspecified atom stereocenters. The number of amides is 1. The standard InChI is InChI=1S/C10H19NO2S/c1-10(5-3-2-4-6-10)13-9(12)11-7-8-14/h14H,2-8H2,1H3,(H,11,12). The molecule has 14 heavy (non-hydrogen) atoms. The highest BCUT2D eigenvalue weighted by Crippen LogP contribution is 2.30. The predicted molar refractivity (Wildman–Crippen MR) is 59.8 cm³/mol. The highest BCUT2D eigenvalue weighted by molar-refractivity contribution is 7.80. The van der Waals surface area contributed by atoms with Crippen molar-refractivity contribution >= 4 is 18.7 Å². The smallest absolute Gasteiger partial charge is 0.407 e. The lowest BCUT2D eigenvalue weighted by molar-refractivity contribution is -0.00172. The topological polar surface area (TPSA) is 38.3 Å². The van der Waals surface area contributed by atoms with Crippen molar-refractivity contribution in [2.24, 2.45) is 0 Å². The molecule has 0 aromatic carbocycles. The van der Waals surface area contributed by atoms with Crippen molar-refractivity contribution < 1.29 is 9.53 Å². The molecule has 0 radical (unpaired) electrons. The first-order valence-corrected chi connectivity index (χ1v) is 5.87. The van der Waals surface area contributed by atoms with Gasteiger partial charge in [0.05, 0.1) is 0 Å². The van der Waals surface area contributed by atoms with Crippen LogP contribution in [0, 0.1) is 0 Å². The molecule has 0 atom stereocenters. The molecule has 82 valence electrons. The number of hydrogen-bond donors (Lipinski definition) is 2. The summed E-state index contributed by atoms with van der Waals surface area (Å²) < 4.78 is 5.40. The second kappa shape index (κ2) is 5.49. The molecule has 1 N–H and O–H groups in total. The first kappa shape index (κ1) is 11.7. The summed E-state index contributed by atoms with van der Waals surface area (Å²) in [6.07, 6.45) is 5.26. The molecule has 0 aliphatic heterocycles. The van der Waals surface area contributed by atoms with Gasteiger partial charge in [0.15, 0.2) is 0 Å². The summed E-state index contributed by atoms with van der Waals surface area (Å²) >= 11 is 4.01. The molecule has 1 rings (SSSR count). The summed E-state index contributed by atoms with van der Waals surface area (Å²) in [6.45, 7) is 2.59. The Morgan fingerprint density at radius 3 is 2.64 bits per heavy atom. The van der Waals surface area contributed by atoms with Crippen molar-refractivity contribution in [2.45, 2.75) is 44.6 Å². The molecule has 1 amide bonds. The van der Waals surface area contributed by atoms with Crippen molar-refractivity contribution in [1.29, 1.82) is 0 Å². The van der Waals surface area contributed by atoms with E-state index in [1.54, 1.807) is 0 Å². The summed E-state index contributed by atoms with van der Waals surface area (Å²) in [5, 5.41) is 2.67. The minimum atomic E-state index is -0.302. The van der Waals surface area contributed by atoms with Gasteiger partial charge in [-0.25, -0.2) is 4.79 Å². The summed E-state index contributed by atoms with van der Waals surface area (Å²) in [4.78, 5) is 11.3. The lowest BCUT2D eigenvalue weighted by Crippen LogP contribution is -2.38. The van der Waals surface area contributed by atoms with Crippen LogP contribution in [0.5, 0.6) is 0 Å². The van der Waals surface area contributed by atoms with Gasteiger partial charge in [-0.1, -0.05) is 6.42 Å². The van der Waals surface area contributed by atoms with Crippen molar-refractivity contribution in [3.8, 4) is 0 Å². The Kier molecular flexibility index (Phi) is 4.58. The Morgan fingerprint density at radius 1 is 1.43 bits per heavy atom. The first-order valence-electron chi connectivity index (χ1n) is 5.24. The van der Waals surface area contributed by atoms with E-state index in [0.717, 1.165) is 25.7 Å². The molecule has 0 heterocycles. The van der Waals surface area contributed by atoms with Gasteiger partial charge < -0.3 is 10.1 Å². The van der Waals surface area contributed by atoms with Crippen LogP contribution in [-0.2, 0) is 4.74 Å². The van der Waals surface area contributed by atoms with E-state index in [2.05, 4.69) is 17.9 Å². The second-order valence-electron chi connectivity index (χ2n) is 4.05. The largest absolute Gasteiger partial charge is 0.443 e. The van der Waals surface area contributed by atoms with Crippen LogP contribution in [0.25, 0.3) is 0 Å². The third kappa shape index (κ3) is 3.78. The van der Waals surface area contributed by atoms with Crippen LogP contribution in [-0.4, -0.2) is 24.0 Å². The number of carbonyl (C=O) groups is 1. The van der Waals surface area contributed by atoms with Crippen molar-refractivity contribution in [2.75, 3.05) is 12.3 Å². The summed E-state index contributed by atoms with van der Waals surface area (Å²) in [6, 6.07) is 0. The summed E-state index contributed by atoms with van der Waals surface area (Å²) in [5.41, 5.74) is -0.237. The van der Waals surface area contributed by atoms with E-state index >= 15 is 0 Å². The number of ether oxygens (including phenoxy) is 1. The van der Waals surface area contributed by atoms with Gasteiger partial charge in [0.2, 0.25) is 0 Å². The van der Waals surface area contributed by atoms with E-state index in [1.165, 1.54) is 6.42 Å². The fourth-order valence-corrected chi connectivity index (χ4v) is 1.93. The SMILES string of the molecule is CC1(OC(=O)NCCS)CCCCC1. The maximum absolute atomic E-state index is 11.3. The van der Waals surface area contributed by atoms with Crippen LogP contribution in [0.4, 0.5) is 4.79 Å². The van der Waals surface area contributed by atoms with Gasteiger partial charge in [-0.15, -0.1) is 0 Å². The number of rotatable bonds is 3. The average Bonchev–Trinajstić information content (AvgIpc) is 2.15. The van der Waals surface area contributed by atoms with Crippen LogP contribution in [0.2, 0.25) is 0 Å². The van der Waals surface area contributed by atoms with Crippen molar-refractivity contribution in [1.82, 2.24) is 5.32 Å². The number of thiol groups is 1. The molecular formula is C10H19NO2S. The predicted octanol–water partition coefficient (Wildman–Crippen LogP) is 2.37. The third-order valence-electron chi connectivity index (χ3n) is 2.63. The zero-order valence-electron chi connectivity index (χ0n) is 8.71. The number of nitrogens with one attached hydrogen (secondary N) is 1. The zero-order valence-corrected chi connectivity index (χ0v) is 9.61. The Labute approximate surface area is 91.0 Å². The fourth-order valence-electron chi connectivity index (χ4n) is 1.82. The lowest BCUT2D eigenvalue weighted by atomic mass is 9.86. The number of carbonyl (C=O) groups excluding carboxylic acids is 1. The quantitative estimate of drug-likeness (QED) is 0.712. The molecule has 0 bridgehead atoms. The Hall–Kier alpha value is -0.380. The minimum Gasteiger partial charge on any atom is -0.443 e. The van der Waals surface area contributed by atoms with E-state index in [0.29, 0.717) is 12.3 Å². The molecule has 1 saturated carbocycles. The van der Waals surface area contributed by atoms with Crippen LogP contribution < -0.4 is 5.32 Å². The van der Waals surface area contributed by atoms with Gasteiger partial charge >= 0.3 is 6.09 Å². The van der Waals surface area contributed by atoms with Crippen LogP contribution in [0.1, 0.15) is 39.0 Å². The molecule has 1 aliphatic carbocycles. The van der Waals surface area contributed by atoms with Crippen LogP contribution in [0.3, 0.4) is 0 Å². The maximum atomic E-state index is 11.3. The number of alkyl carbamates (subject to hydrolysis) is 1. The molecule has 0 saturated heterocycles. The Balaban J connectivity index is 2.29. The van der Waals surface area contributed by atoms with E-state index in [-0.39, 0.29) is 11.7 Å².